The second-order valence-corrected chi connectivity index (χ2v) is 6.90. The quantitative estimate of drug-likeness (QED) is 0.464. The van der Waals surface area contributed by atoms with Gasteiger partial charge < -0.3 is 15.1 Å². The first-order valence-electron chi connectivity index (χ1n) is 9.19. The molecule has 1 heterocycles. The monoisotopic (exact) mass is 383 g/mol. The lowest BCUT2D eigenvalue weighted by molar-refractivity contribution is -0.139. The molecule has 0 aliphatic carbocycles. The molecule has 6 heteroatoms. The number of benzene rings is 2. The zero-order valence-electron chi connectivity index (χ0n) is 15.8. The molecule has 1 unspecified atom stereocenters. The van der Waals surface area contributed by atoms with Crippen molar-refractivity contribution in [2.24, 2.45) is 0 Å². The van der Waals surface area contributed by atoms with Crippen LogP contribution in [0.5, 0.6) is 5.75 Å². The standard InChI is InChI=1S/C22H22FNO4/c1-3-4-10-24-19(14-6-5-7-16(25)12-14)18(21(27)22(24)28)20(26)15-8-9-17(23)13(2)11-15/h5-9,11-12,19,25-26H,3-4,10H2,1-2H3/b20-18-. The molecule has 2 N–H and O–H groups in total. The van der Waals surface area contributed by atoms with Crippen molar-refractivity contribution in [2.45, 2.75) is 32.7 Å². The van der Waals surface area contributed by atoms with Crippen LogP contribution in [0.1, 0.15) is 42.5 Å². The van der Waals surface area contributed by atoms with Gasteiger partial charge in [-0.3, -0.25) is 9.59 Å². The number of hydrogen-bond acceptors (Lipinski definition) is 4. The highest BCUT2D eigenvalue weighted by atomic mass is 19.1. The molecule has 0 bridgehead atoms. The number of phenolic OH excluding ortho intramolecular Hbond substituents is 1. The molecule has 1 amide bonds. The lowest BCUT2D eigenvalue weighted by Crippen LogP contribution is -2.30. The van der Waals surface area contributed by atoms with E-state index < -0.39 is 23.5 Å². The number of carbonyl (C=O) groups is 2. The molecule has 2 aromatic rings. The summed E-state index contributed by atoms with van der Waals surface area (Å²) in [6.07, 6.45) is 1.52. The number of unbranched alkanes of at least 4 members (excludes halogenated alkanes) is 1. The van der Waals surface area contributed by atoms with E-state index in [4.69, 9.17) is 0 Å². The first kappa shape index (κ1) is 19.6. The molecule has 0 saturated carbocycles. The molecule has 1 fully saturated rings. The van der Waals surface area contributed by atoms with Crippen LogP contribution in [-0.2, 0) is 9.59 Å². The van der Waals surface area contributed by atoms with Gasteiger partial charge in [0.05, 0.1) is 11.6 Å². The Morgan fingerprint density at radius 1 is 1.18 bits per heavy atom. The van der Waals surface area contributed by atoms with Crippen molar-refractivity contribution in [1.29, 1.82) is 0 Å². The summed E-state index contributed by atoms with van der Waals surface area (Å²) in [5.74, 6) is -2.26. The fourth-order valence-electron chi connectivity index (χ4n) is 3.43. The molecule has 1 atom stereocenters. The van der Waals surface area contributed by atoms with Gasteiger partial charge in [-0.1, -0.05) is 25.5 Å². The van der Waals surface area contributed by atoms with Gasteiger partial charge in [0.25, 0.3) is 11.7 Å². The number of aliphatic hydroxyl groups is 1. The van der Waals surface area contributed by atoms with Crippen LogP contribution in [0.15, 0.2) is 48.0 Å². The van der Waals surface area contributed by atoms with Crippen molar-refractivity contribution in [3.05, 3.63) is 70.5 Å². The third-order valence-electron chi connectivity index (χ3n) is 4.91. The minimum atomic E-state index is -0.816. The number of hydrogen-bond donors (Lipinski definition) is 2. The van der Waals surface area contributed by atoms with E-state index in [1.165, 1.54) is 35.2 Å². The van der Waals surface area contributed by atoms with Gasteiger partial charge >= 0.3 is 0 Å². The van der Waals surface area contributed by atoms with Gasteiger partial charge in [-0.05, 0) is 54.8 Å². The van der Waals surface area contributed by atoms with Crippen molar-refractivity contribution >= 4 is 17.4 Å². The Morgan fingerprint density at radius 3 is 2.57 bits per heavy atom. The Kier molecular flexibility index (Phi) is 5.49. The lowest BCUT2D eigenvalue weighted by Gasteiger charge is -2.25. The van der Waals surface area contributed by atoms with Crippen molar-refractivity contribution < 1.29 is 24.2 Å². The molecule has 1 aliphatic rings. The fourth-order valence-corrected chi connectivity index (χ4v) is 3.43. The molecule has 0 aromatic heterocycles. The summed E-state index contributed by atoms with van der Waals surface area (Å²) < 4.78 is 13.6. The Bertz CT molecular complexity index is 967. The first-order chi connectivity index (χ1) is 13.3. The van der Waals surface area contributed by atoms with Crippen LogP contribution in [0.4, 0.5) is 4.39 Å². The average molecular weight is 383 g/mol. The molecular weight excluding hydrogens is 361 g/mol. The zero-order chi connectivity index (χ0) is 20.4. The number of amides is 1. The van der Waals surface area contributed by atoms with E-state index in [1.54, 1.807) is 19.1 Å². The lowest BCUT2D eigenvalue weighted by atomic mass is 9.94. The molecule has 2 aromatic carbocycles. The molecule has 0 radical (unpaired) electrons. The minimum Gasteiger partial charge on any atom is -0.508 e. The smallest absolute Gasteiger partial charge is 0.295 e. The normalized spacial score (nSPS) is 18.7. The van der Waals surface area contributed by atoms with Gasteiger partial charge in [-0.2, -0.15) is 0 Å². The SMILES string of the molecule is CCCCN1C(=O)C(=O)/C(=C(\O)c2ccc(F)c(C)c2)C1c1cccc(O)c1. The first-order valence-corrected chi connectivity index (χ1v) is 9.19. The number of Topliss-reactive ketones (excluding diaryl/α,β-unsaturated/α-hetero) is 1. The van der Waals surface area contributed by atoms with E-state index in [1.807, 2.05) is 6.92 Å². The van der Waals surface area contributed by atoms with Crippen molar-refractivity contribution in [2.75, 3.05) is 6.54 Å². The summed E-state index contributed by atoms with van der Waals surface area (Å²) in [6, 6.07) is 9.47. The number of aliphatic hydroxyl groups excluding tert-OH is 1. The summed E-state index contributed by atoms with van der Waals surface area (Å²) in [5.41, 5.74) is 1.05. The number of carbonyl (C=O) groups excluding carboxylic acids is 2. The van der Waals surface area contributed by atoms with Gasteiger partial charge in [0.2, 0.25) is 0 Å². The second kappa shape index (κ2) is 7.84. The van der Waals surface area contributed by atoms with Crippen LogP contribution in [0.3, 0.4) is 0 Å². The van der Waals surface area contributed by atoms with Gasteiger partial charge in [-0.25, -0.2) is 4.39 Å². The van der Waals surface area contributed by atoms with Gasteiger partial charge in [0.15, 0.2) is 0 Å². The van der Waals surface area contributed by atoms with Crippen LogP contribution < -0.4 is 0 Å². The van der Waals surface area contributed by atoms with Crippen LogP contribution in [0.25, 0.3) is 5.76 Å². The van der Waals surface area contributed by atoms with E-state index in [9.17, 15) is 24.2 Å². The van der Waals surface area contributed by atoms with Gasteiger partial charge in [0.1, 0.15) is 17.3 Å². The van der Waals surface area contributed by atoms with Crippen LogP contribution in [-0.4, -0.2) is 33.3 Å². The topological polar surface area (TPSA) is 77.8 Å². The van der Waals surface area contributed by atoms with Crippen LogP contribution in [0.2, 0.25) is 0 Å². The van der Waals surface area contributed by atoms with Crippen LogP contribution >= 0.6 is 0 Å². The maximum atomic E-state index is 13.6. The Balaban J connectivity index is 2.18. The second-order valence-electron chi connectivity index (χ2n) is 6.90. The summed E-state index contributed by atoms with van der Waals surface area (Å²) >= 11 is 0. The summed E-state index contributed by atoms with van der Waals surface area (Å²) in [4.78, 5) is 26.8. The van der Waals surface area contributed by atoms with Crippen LogP contribution in [0, 0.1) is 12.7 Å². The van der Waals surface area contributed by atoms with E-state index in [-0.39, 0.29) is 22.6 Å². The Morgan fingerprint density at radius 2 is 1.93 bits per heavy atom. The van der Waals surface area contributed by atoms with Gasteiger partial charge in [0, 0.05) is 12.1 Å². The third-order valence-corrected chi connectivity index (χ3v) is 4.91. The number of rotatable bonds is 5. The average Bonchev–Trinajstić information content (AvgIpc) is 2.92. The molecule has 0 spiro atoms. The summed E-state index contributed by atoms with van der Waals surface area (Å²) in [7, 11) is 0. The van der Waals surface area contributed by atoms with E-state index >= 15 is 0 Å². The number of likely N-dealkylation sites (tertiary alicyclic amines) is 1. The number of aromatic hydroxyl groups is 1. The Hall–Kier alpha value is -3.15. The Labute approximate surface area is 162 Å². The molecular formula is C22H22FNO4. The maximum absolute atomic E-state index is 13.6. The number of nitrogens with zero attached hydrogens (tertiary/aromatic N) is 1. The largest absolute Gasteiger partial charge is 0.508 e. The molecule has 1 saturated heterocycles. The summed E-state index contributed by atoms with van der Waals surface area (Å²) in [5, 5.41) is 20.7. The number of ketones is 1. The van der Waals surface area contributed by atoms with Crippen molar-refractivity contribution in [1.82, 2.24) is 4.90 Å². The fraction of sp³-hybridized carbons (Fsp3) is 0.273. The highest BCUT2D eigenvalue weighted by Gasteiger charge is 2.45. The summed E-state index contributed by atoms with van der Waals surface area (Å²) in [6.45, 7) is 3.88. The van der Waals surface area contributed by atoms with E-state index in [0.717, 1.165) is 6.42 Å². The molecule has 3 rings (SSSR count). The number of aryl methyl sites for hydroxylation is 1. The van der Waals surface area contributed by atoms with Crippen molar-refractivity contribution in [3.63, 3.8) is 0 Å². The van der Waals surface area contributed by atoms with Crippen molar-refractivity contribution in [3.8, 4) is 5.75 Å². The van der Waals surface area contributed by atoms with E-state index in [2.05, 4.69) is 0 Å². The predicted molar refractivity (Wildman–Crippen MR) is 103 cm³/mol. The minimum absolute atomic E-state index is 0.00351. The maximum Gasteiger partial charge on any atom is 0.295 e. The molecule has 28 heavy (non-hydrogen) atoms. The molecule has 146 valence electrons. The van der Waals surface area contributed by atoms with Gasteiger partial charge in [-0.15, -0.1) is 0 Å². The predicted octanol–water partition coefficient (Wildman–Crippen LogP) is 4.06. The molecule has 1 aliphatic heterocycles. The zero-order valence-corrected chi connectivity index (χ0v) is 15.8. The highest BCUT2D eigenvalue weighted by Crippen LogP contribution is 2.40. The number of halogens is 1. The third kappa shape index (κ3) is 3.50. The number of phenols is 1. The van der Waals surface area contributed by atoms with E-state index in [0.29, 0.717) is 24.1 Å². The molecule has 5 nitrogen and oxygen atoms in total. The highest BCUT2D eigenvalue weighted by molar-refractivity contribution is 6.46.